The molecule has 0 heterocycles. The molecule has 4 aromatic carbocycles. The van der Waals surface area contributed by atoms with Gasteiger partial charge < -0.3 is 5.32 Å². The highest BCUT2D eigenvalue weighted by Crippen LogP contribution is 2.39. The molecule has 0 atom stereocenters. The molecule has 1 N–H and O–H groups in total. The van der Waals surface area contributed by atoms with Crippen LogP contribution in [-0.4, -0.2) is 0 Å². The van der Waals surface area contributed by atoms with Crippen LogP contribution >= 0.6 is 0 Å². The van der Waals surface area contributed by atoms with Crippen molar-refractivity contribution in [3.8, 4) is 0 Å². The first kappa shape index (κ1) is 12.7. The number of rotatable bonds is 2. The Hall–Kier alpha value is -2.80. The van der Waals surface area contributed by atoms with Crippen LogP contribution in [0.3, 0.4) is 0 Å². The first-order valence-electron chi connectivity index (χ1n) is 8.18. The smallest absolute Gasteiger partial charge is 0.0423 e. The Morgan fingerprint density at radius 2 is 1.39 bits per heavy atom. The Kier molecular flexibility index (Phi) is 2.68. The van der Waals surface area contributed by atoms with Crippen molar-refractivity contribution >= 4 is 32.9 Å². The molecule has 0 saturated heterocycles. The summed E-state index contributed by atoms with van der Waals surface area (Å²) in [6, 6.07) is 26.1. The van der Waals surface area contributed by atoms with E-state index < -0.39 is 0 Å². The molecule has 0 amide bonds. The van der Waals surface area contributed by atoms with Crippen LogP contribution in [-0.2, 0) is 12.8 Å². The molecule has 5 rings (SSSR count). The van der Waals surface area contributed by atoms with Crippen molar-refractivity contribution in [3.63, 3.8) is 0 Å². The van der Waals surface area contributed by atoms with Crippen LogP contribution in [0.15, 0.2) is 72.8 Å². The number of para-hydroxylation sites is 1. The monoisotopic (exact) mass is 295 g/mol. The van der Waals surface area contributed by atoms with Gasteiger partial charge in [0.25, 0.3) is 0 Å². The molecule has 0 fully saturated rings. The van der Waals surface area contributed by atoms with Crippen molar-refractivity contribution in [3.05, 3.63) is 83.9 Å². The highest BCUT2D eigenvalue weighted by molar-refractivity contribution is 6.13. The predicted octanol–water partition coefficient (Wildman–Crippen LogP) is 5.84. The lowest BCUT2D eigenvalue weighted by molar-refractivity contribution is 0.970. The van der Waals surface area contributed by atoms with Crippen molar-refractivity contribution in [1.29, 1.82) is 0 Å². The summed E-state index contributed by atoms with van der Waals surface area (Å²) in [5.74, 6) is 0. The zero-order valence-electron chi connectivity index (χ0n) is 12.8. The molecule has 0 radical (unpaired) electrons. The van der Waals surface area contributed by atoms with Gasteiger partial charge in [-0.3, -0.25) is 0 Å². The Balaban J connectivity index is 1.80. The molecule has 0 unspecified atom stereocenters. The Morgan fingerprint density at radius 1 is 0.609 bits per heavy atom. The van der Waals surface area contributed by atoms with Crippen LogP contribution in [0.1, 0.15) is 11.1 Å². The third-order valence-corrected chi connectivity index (χ3v) is 4.92. The minimum absolute atomic E-state index is 1.10. The van der Waals surface area contributed by atoms with E-state index in [1.54, 1.807) is 0 Å². The molecular formula is C22H17N. The predicted molar refractivity (Wildman–Crippen MR) is 98.6 cm³/mol. The van der Waals surface area contributed by atoms with E-state index in [0.29, 0.717) is 0 Å². The highest BCUT2D eigenvalue weighted by atomic mass is 14.9. The van der Waals surface area contributed by atoms with Crippen LogP contribution < -0.4 is 5.32 Å². The van der Waals surface area contributed by atoms with E-state index in [1.165, 1.54) is 38.4 Å². The van der Waals surface area contributed by atoms with E-state index in [1.807, 2.05) is 0 Å². The molecule has 1 heteroatoms. The van der Waals surface area contributed by atoms with Crippen LogP contribution in [0.4, 0.5) is 11.4 Å². The largest absolute Gasteiger partial charge is 0.355 e. The molecular weight excluding hydrogens is 278 g/mol. The van der Waals surface area contributed by atoms with E-state index in [4.69, 9.17) is 0 Å². The Bertz CT molecular complexity index is 1030. The molecule has 1 nitrogen and oxygen atoms in total. The lowest BCUT2D eigenvalue weighted by Gasteiger charge is -2.22. The SMILES string of the molecule is c1ccc(Nc2ccc3ccc4cccc5c4c3c2CC5)cc1. The van der Waals surface area contributed by atoms with Gasteiger partial charge in [-0.2, -0.15) is 0 Å². The topological polar surface area (TPSA) is 12.0 Å². The number of benzene rings is 4. The quantitative estimate of drug-likeness (QED) is 0.458. The summed E-state index contributed by atoms with van der Waals surface area (Å²) in [6.07, 6.45) is 2.22. The fourth-order valence-corrected chi connectivity index (χ4v) is 3.87. The van der Waals surface area contributed by atoms with E-state index in [2.05, 4.69) is 78.1 Å². The van der Waals surface area contributed by atoms with Gasteiger partial charge in [-0.1, -0.05) is 54.6 Å². The molecule has 0 aliphatic heterocycles. The second kappa shape index (κ2) is 4.85. The number of hydrogen-bond acceptors (Lipinski definition) is 1. The number of nitrogens with one attached hydrogen (secondary N) is 1. The number of aryl methyl sites for hydroxylation is 2. The normalized spacial score (nSPS) is 12.9. The van der Waals surface area contributed by atoms with Gasteiger partial charge in [0.15, 0.2) is 0 Å². The summed E-state index contributed by atoms with van der Waals surface area (Å²) >= 11 is 0. The lowest BCUT2D eigenvalue weighted by atomic mass is 9.85. The molecule has 0 bridgehead atoms. The Morgan fingerprint density at radius 3 is 2.26 bits per heavy atom. The number of hydrogen-bond donors (Lipinski definition) is 1. The summed E-state index contributed by atoms with van der Waals surface area (Å²) in [7, 11) is 0. The van der Waals surface area contributed by atoms with Gasteiger partial charge in [0.1, 0.15) is 0 Å². The summed E-state index contributed by atoms with van der Waals surface area (Å²) in [6.45, 7) is 0. The fourth-order valence-electron chi connectivity index (χ4n) is 3.87. The molecule has 0 saturated carbocycles. The van der Waals surface area contributed by atoms with Gasteiger partial charge in [-0.25, -0.2) is 0 Å². The molecule has 0 aromatic heterocycles. The van der Waals surface area contributed by atoms with Crippen molar-refractivity contribution in [2.24, 2.45) is 0 Å². The average molecular weight is 295 g/mol. The van der Waals surface area contributed by atoms with Gasteiger partial charge in [0, 0.05) is 11.4 Å². The van der Waals surface area contributed by atoms with E-state index >= 15 is 0 Å². The maximum Gasteiger partial charge on any atom is 0.0423 e. The highest BCUT2D eigenvalue weighted by Gasteiger charge is 2.17. The first-order valence-corrected chi connectivity index (χ1v) is 8.18. The van der Waals surface area contributed by atoms with Crippen molar-refractivity contribution < 1.29 is 0 Å². The van der Waals surface area contributed by atoms with Crippen molar-refractivity contribution in [1.82, 2.24) is 0 Å². The van der Waals surface area contributed by atoms with Gasteiger partial charge in [-0.05, 0) is 63.7 Å². The summed E-state index contributed by atoms with van der Waals surface area (Å²) in [4.78, 5) is 0. The maximum atomic E-state index is 3.61. The summed E-state index contributed by atoms with van der Waals surface area (Å²) < 4.78 is 0. The van der Waals surface area contributed by atoms with Gasteiger partial charge >= 0.3 is 0 Å². The first-order chi connectivity index (χ1) is 11.4. The summed E-state index contributed by atoms with van der Waals surface area (Å²) in [5.41, 5.74) is 5.33. The second-order valence-electron chi connectivity index (χ2n) is 6.26. The third kappa shape index (κ3) is 1.93. The standard InChI is InChI=1S/C22H17N/c1-2-7-18(8-3-1)23-20-14-12-17-10-9-15-5-4-6-16-11-13-19(20)22(17)21(15)16/h1-10,12,14,23H,11,13H2. The maximum absolute atomic E-state index is 3.61. The van der Waals surface area contributed by atoms with Gasteiger partial charge in [-0.15, -0.1) is 0 Å². The van der Waals surface area contributed by atoms with Crippen LogP contribution in [0.2, 0.25) is 0 Å². The second-order valence-corrected chi connectivity index (χ2v) is 6.26. The zero-order valence-corrected chi connectivity index (χ0v) is 12.8. The molecule has 1 aliphatic rings. The molecule has 0 spiro atoms. The average Bonchev–Trinajstić information content (AvgIpc) is 2.62. The lowest BCUT2D eigenvalue weighted by Crippen LogP contribution is -2.05. The third-order valence-electron chi connectivity index (χ3n) is 4.92. The van der Waals surface area contributed by atoms with Crippen LogP contribution in [0.5, 0.6) is 0 Å². The van der Waals surface area contributed by atoms with E-state index in [-0.39, 0.29) is 0 Å². The van der Waals surface area contributed by atoms with Gasteiger partial charge in [0.2, 0.25) is 0 Å². The van der Waals surface area contributed by atoms with E-state index in [9.17, 15) is 0 Å². The van der Waals surface area contributed by atoms with E-state index in [0.717, 1.165) is 18.5 Å². The van der Waals surface area contributed by atoms with Crippen molar-refractivity contribution in [2.75, 3.05) is 5.32 Å². The molecule has 4 aromatic rings. The van der Waals surface area contributed by atoms with Crippen molar-refractivity contribution in [2.45, 2.75) is 12.8 Å². The van der Waals surface area contributed by atoms with Crippen LogP contribution in [0.25, 0.3) is 21.5 Å². The Labute approximate surface area is 135 Å². The number of anilines is 2. The zero-order chi connectivity index (χ0) is 15.2. The molecule has 110 valence electrons. The van der Waals surface area contributed by atoms with Gasteiger partial charge in [0.05, 0.1) is 0 Å². The minimum Gasteiger partial charge on any atom is -0.355 e. The molecule has 1 aliphatic carbocycles. The molecule has 23 heavy (non-hydrogen) atoms. The fraction of sp³-hybridized carbons (Fsp3) is 0.0909. The minimum atomic E-state index is 1.10. The van der Waals surface area contributed by atoms with Crippen LogP contribution in [0, 0.1) is 0 Å². The summed E-state index contributed by atoms with van der Waals surface area (Å²) in [5, 5.41) is 9.19.